The van der Waals surface area contributed by atoms with Gasteiger partial charge in [0.25, 0.3) is 5.56 Å². The van der Waals surface area contributed by atoms with Crippen LogP contribution in [0.4, 0.5) is 0 Å². The number of primary amides is 1. The van der Waals surface area contributed by atoms with E-state index in [0.717, 1.165) is 21.5 Å². The first-order valence-electron chi connectivity index (χ1n) is 11.4. The topological polar surface area (TPSA) is 123 Å². The Labute approximate surface area is 220 Å². The van der Waals surface area contributed by atoms with Crippen LogP contribution in [0.15, 0.2) is 39.9 Å². The van der Waals surface area contributed by atoms with Gasteiger partial charge in [0.05, 0.1) is 24.6 Å². The first-order valence-corrected chi connectivity index (χ1v) is 12.2. The van der Waals surface area contributed by atoms with Gasteiger partial charge in [-0.3, -0.25) is 14.2 Å². The van der Waals surface area contributed by atoms with Gasteiger partial charge in [-0.05, 0) is 52.7 Å². The number of esters is 1. The van der Waals surface area contributed by atoms with Crippen molar-refractivity contribution in [3.8, 4) is 0 Å². The summed E-state index contributed by atoms with van der Waals surface area (Å²) in [5.74, 6) is -1.41. The molecule has 2 N–H and O–H groups in total. The molecular weight excluding hydrogens is 502 g/mol. The van der Waals surface area contributed by atoms with Crippen LogP contribution in [0.2, 0.25) is 0 Å². The molecule has 0 aliphatic rings. The molecule has 196 valence electrons. The number of thiophene rings is 1. The van der Waals surface area contributed by atoms with Crippen LogP contribution in [0, 0.1) is 6.92 Å². The summed E-state index contributed by atoms with van der Waals surface area (Å²) in [5, 5.41) is 0.170. The van der Waals surface area contributed by atoms with Gasteiger partial charge in [-0.25, -0.2) is 14.2 Å². The fourth-order valence-electron chi connectivity index (χ4n) is 3.89. The summed E-state index contributed by atoms with van der Waals surface area (Å²) in [4.78, 5) is 52.8. The number of ether oxygens (including phenoxy) is 2. The fourth-order valence-corrected chi connectivity index (χ4v) is 5.09. The number of hydrogen-bond acceptors (Lipinski definition) is 7. The Balaban J connectivity index is 0.00000456. The predicted molar refractivity (Wildman–Crippen MR) is 145 cm³/mol. The van der Waals surface area contributed by atoms with Crippen molar-refractivity contribution in [1.29, 1.82) is 0 Å². The van der Waals surface area contributed by atoms with Gasteiger partial charge in [0, 0.05) is 0 Å². The molecule has 0 aliphatic heterocycles. The number of nitrogens with zero attached hydrogens (tertiary/aromatic N) is 2. The fraction of sp³-hybridized carbons (Fsp3) is 0.440. The molecule has 0 bridgehead atoms. The molecule has 1 aromatic carbocycles. The molecule has 36 heavy (non-hydrogen) atoms. The molecule has 3 rings (SSSR count). The number of fused-ring (bicyclic) bond motifs is 1. The zero-order valence-electron chi connectivity index (χ0n) is 21.3. The zero-order valence-corrected chi connectivity index (χ0v) is 23.1. The maximum Gasteiger partial charge on any atom is 0.348 e. The van der Waals surface area contributed by atoms with Gasteiger partial charge in [0.1, 0.15) is 21.4 Å². The molecule has 0 spiro atoms. The number of amides is 1. The van der Waals surface area contributed by atoms with Crippen molar-refractivity contribution in [3.63, 3.8) is 0 Å². The average Bonchev–Trinajstić information content (AvgIpc) is 3.13. The highest BCUT2D eigenvalue weighted by atomic mass is 32.1. The largest absolute Gasteiger partial charge is 0.462 e. The standard InChI is InChI=1S/C25H31N3O6S.H2S/c1-7-33-22(30)19-15(4)18-20(29)28(25(5,6)23(26)31)24(32)27(21(18)35-19)13-17(34-14(2)3)16-11-9-8-10-12-16;/h8-12,14,17H,7,13H2,1-6H3,(H2,26,31);1H2/t17-;/m1./s1. The summed E-state index contributed by atoms with van der Waals surface area (Å²) in [7, 11) is 0. The van der Waals surface area contributed by atoms with Crippen molar-refractivity contribution in [3.05, 3.63) is 67.2 Å². The van der Waals surface area contributed by atoms with Crippen LogP contribution >= 0.6 is 24.8 Å². The zero-order chi connectivity index (χ0) is 26.1. The number of hydrogen-bond donors (Lipinski definition) is 1. The van der Waals surface area contributed by atoms with E-state index in [-0.39, 0.29) is 43.0 Å². The number of nitrogens with two attached hydrogens (primary N) is 1. The van der Waals surface area contributed by atoms with Crippen LogP contribution in [-0.4, -0.2) is 33.7 Å². The van der Waals surface area contributed by atoms with E-state index in [1.807, 2.05) is 44.2 Å². The molecule has 9 nitrogen and oxygen atoms in total. The van der Waals surface area contributed by atoms with Crippen molar-refractivity contribution in [1.82, 2.24) is 9.13 Å². The molecule has 2 heterocycles. The quantitative estimate of drug-likeness (QED) is 0.420. The van der Waals surface area contributed by atoms with Gasteiger partial charge in [-0.1, -0.05) is 30.3 Å². The lowest BCUT2D eigenvalue weighted by Gasteiger charge is -2.26. The highest BCUT2D eigenvalue weighted by Crippen LogP contribution is 2.31. The third-order valence-electron chi connectivity index (χ3n) is 5.79. The summed E-state index contributed by atoms with van der Waals surface area (Å²) in [6.45, 7) is 10.1. The van der Waals surface area contributed by atoms with Crippen LogP contribution < -0.4 is 17.0 Å². The Morgan fingerprint density at radius 3 is 2.28 bits per heavy atom. The van der Waals surface area contributed by atoms with Gasteiger partial charge in [-0.2, -0.15) is 13.5 Å². The number of carbonyl (C=O) groups excluding carboxylic acids is 2. The minimum Gasteiger partial charge on any atom is -0.462 e. The molecule has 1 atom stereocenters. The summed E-state index contributed by atoms with van der Waals surface area (Å²) in [6, 6.07) is 9.40. The second-order valence-corrected chi connectivity index (χ2v) is 10.00. The van der Waals surface area contributed by atoms with Gasteiger partial charge >= 0.3 is 11.7 Å². The van der Waals surface area contributed by atoms with Crippen molar-refractivity contribution >= 4 is 46.9 Å². The number of carbonyl (C=O) groups is 2. The molecular formula is C25H33N3O6S2. The molecule has 2 aromatic heterocycles. The van der Waals surface area contributed by atoms with Crippen molar-refractivity contribution in [2.45, 2.75) is 65.8 Å². The number of aromatic nitrogens is 2. The molecule has 0 saturated carbocycles. The Morgan fingerprint density at radius 2 is 1.75 bits per heavy atom. The molecule has 11 heteroatoms. The molecule has 1 amide bonds. The van der Waals surface area contributed by atoms with Gasteiger partial charge < -0.3 is 15.2 Å². The van der Waals surface area contributed by atoms with E-state index in [2.05, 4.69) is 0 Å². The summed E-state index contributed by atoms with van der Waals surface area (Å²) >= 11 is 1.01. The van der Waals surface area contributed by atoms with Crippen LogP contribution in [0.25, 0.3) is 10.2 Å². The molecule has 0 saturated heterocycles. The van der Waals surface area contributed by atoms with Crippen molar-refractivity contribution in [2.75, 3.05) is 6.61 Å². The first-order chi connectivity index (χ1) is 16.4. The number of benzene rings is 1. The number of aryl methyl sites for hydroxylation is 1. The smallest absolute Gasteiger partial charge is 0.348 e. The van der Waals surface area contributed by atoms with Gasteiger partial charge in [-0.15, -0.1) is 11.3 Å². The van der Waals surface area contributed by atoms with Crippen LogP contribution in [-0.2, 0) is 26.4 Å². The third-order valence-corrected chi connectivity index (χ3v) is 7.09. The summed E-state index contributed by atoms with van der Waals surface area (Å²) in [5.41, 5.74) is 3.80. The minimum absolute atomic E-state index is 0. The van der Waals surface area contributed by atoms with E-state index in [1.165, 1.54) is 18.4 Å². The normalized spacial score (nSPS) is 12.4. The maximum atomic E-state index is 13.8. The van der Waals surface area contributed by atoms with Crippen molar-refractivity contribution < 1.29 is 19.1 Å². The number of rotatable bonds is 9. The molecule has 0 aliphatic carbocycles. The molecule has 0 unspecified atom stereocenters. The highest BCUT2D eigenvalue weighted by Gasteiger charge is 2.35. The average molecular weight is 536 g/mol. The van der Waals surface area contributed by atoms with E-state index in [9.17, 15) is 19.2 Å². The minimum atomic E-state index is -1.61. The van der Waals surface area contributed by atoms with E-state index < -0.39 is 34.8 Å². The SMILES string of the molecule is CCOC(=O)c1sc2c(c1C)c(=O)n(C(C)(C)C(N)=O)c(=O)n2C[C@@H](OC(C)C)c1ccccc1.S. The second-order valence-electron chi connectivity index (χ2n) is 9.00. The maximum absolute atomic E-state index is 13.8. The summed E-state index contributed by atoms with van der Waals surface area (Å²) < 4.78 is 13.6. The third kappa shape index (κ3) is 5.42. The highest BCUT2D eigenvalue weighted by molar-refractivity contribution is 7.59. The van der Waals surface area contributed by atoms with E-state index in [0.29, 0.717) is 10.4 Å². The molecule has 0 fully saturated rings. The van der Waals surface area contributed by atoms with Gasteiger partial charge in [0.2, 0.25) is 5.91 Å². The van der Waals surface area contributed by atoms with E-state index in [1.54, 1.807) is 13.8 Å². The van der Waals surface area contributed by atoms with E-state index >= 15 is 0 Å². The van der Waals surface area contributed by atoms with Crippen LogP contribution in [0.1, 0.15) is 61.5 Å². The molecule has 3 aromatic rings. The molecule has 0 radical (unpaired) electrons. The predicted octanol–water partition coefficient (Wildman–Crippen LogP) is 3.21. The lowest BCUT2D eigenvalue weighted by Crippen LogP contribution is -2.54. The lowest BCUT2D eigenvalue weighted by atomic mass is 10.0. The Kier molecular flexibility index (Phi) is 9.33. The van der Waals surface area contributed by atoms with Gasteiger partial charge in [0.15, 0.2) is 0 Å². The monoisotopic (exact) mass is 535 g/mol. The van der Waals surface area contributed by atoms with Crippen molar-refractivity contribution in [2.24, 2.45) is 5.73 Å². The first kappa shape index (κ1) is 29.3. The second kappa shape index (κ2) is 11.4. The Morgan fingerprint density at radius 1 is 1.14 bits per heavy atom. The lowest BCUT2D eigenvalue weighted by molar-refractivity contribution is -0.125. The van der Waals surface area contributed by atoms with E-state index in [4.69, 9.17) is 15.2 Å². The van der Waals surface area contributed by atoms with Crippen LogP contribution in [0.3, 0.4) is 0 Å². The van der Waals surface area contributed by atoms with Crippen LogP contribution in [0.5, 0.6) is 0 Å². The Hall–Kier alpha value is -2.89. The Bertz CT molecular complexity index is 1370. The summed E-state index contributed by atoms with van der Waals surface area (Å²) in [6.07, 6.45) is -0.687.